The van der Waals surface area contributed by atoms with Gasteiger partial charge in [0.15, 0.2) is 0 Å². The zero-order chi connectivity index (χ0) is 13.0. The molecule has 0 aliphatic carbocycles. The van der Waals surface area contributed by atoms with Gasteiger partial charge in [-0.25, -0.2) is 9.78 Å². The summed E-state index contributed by atoms with van der Waals surface area (Å²) in [7, 11) is 2.86. The van der Waals surface area contributed by atoms with Gasteiger partial charge in [-0.05, 0) is 12.2 Å². The van der Waals surface area contributed by atoms with E-state index in [1.54, 1.807) is 7.05 Å². The maximum absolute atomic E-state index is 11.3. The van der Waals surface area contributed by atoms with E-state index in [4.69, 9.17) is 0 Å². The number of carbonyl (C=O) groups is 1. The van der Waals surface area contributed by atoms with Crippen molar-refractivity contribution in [2.75, 3.05) is 12.9 Å². The predicted octanol–water partition coefficient (Wildman–Crippen LogP) is -0.0791. The molecule has 0 aliphatic heterocycles. The van der Waals surface area contributed by atoms with Crippen LogP contribution in [-0.4, -0.2) is 44.7 Å². The number of imidazole rings is 1. The van der Waals surface area contributed by atoms with E-state index in [2.05, 4.69) is 22.3 Å². The van der Waals surface area contributed by atoms with Gasteiger partial charge in [0, 0.05) is 13.2 Å². The zero-order valence-electron chi connectivity index (χ0n) is 9.70. The van der Waals surface area contributed by atoms with Gasteiger partial charge in [0.2, 0.25) is 5.82 Å². The van der Waals surface area contributed by atoms with E-state index < -0.39 is 18.2 Å². The molecule has 96 valence electrons. The second kappa shape index (κ2) is 6.04. The lowest BCUT2D eigenvalue weighted by molar-refractivity contribution is 0.0147. The van der Waals surface area contributed by atoms with Crippen LogP contribution in [0.3, 0.4) is 0 Å². The first-order chi connectivity index (χ1) is 8.01. The number of ether oxygens (including phenoxy) is 1. The van der Waals surface area contributed by atoms with E-state index >= 15 is 0 Å². The number of rotatable bonds is 5. The number of nitrogens with zero attached hydrogens (tertiary/aromatic N) is 2. The molecular formula is C10H16N2O4S. The standard InChI is InChI=1S/C10H16N2O4S/c1-12-5-6(8(14)7(13)3-4-17)11-9(12)10(15)16-2/h5,7-8,13-14,17H,3-4H2,1-2H3. The van der Waals surface area contributed by atoms with Crippen molar-refractivity contribution in [3.63, 3.8) is 0 Å². The van der Waals surface area contributed by atoms with E-state index in [1.807, 2.05) is 0 Å². The van der Waals surface area contributed by atoms with E-state index in [-0.39, 0.29) is 11.5 Å². The third-order valence-corrected chi connectivity index (χ3v) is 2.61. The highest BCUT2D eigenvalue weighted by atomic mass is 32.1. The van der Waals surface area contributed by atoms with Crippen LogP contribution in [0.5, 0.6) is 0 Å². The highest BCUT2D eigenvalue weighted by Crippen LogP contribution is 2.18. The van der Waals surface area contributed by atoms with Crippen LogP contribution in [0.15, 0.2) is 6.20 Å². The summed E-state index contributed by atoms with van der Waals surface area (Å²) in [5.74, 6) is -0.0520. The van der Waals surface area contributed by atoms with Gasteiger partial charge in [-0.15, -0.1) is 0 Å². The largest absolute Gasteiger partial charge is 0.463 e. The fourth-order valence-electron chi connectivity index (χ4n) is 1.40. The molecule has 0 bridgehead atoms. The molecule has 1 aromatic rings. The molecule has 2 atom stereocenters. The minimum Gasteiger partial charge on any atom is -0.463 e. The molecule has 2 N–H and O–H groups in total. The van der Waals surface area contributed by atoms with Crippen LogP contribution in [-0.2, 0) is 11.8 Å². The number of aliphatic hydroxyl groups is 2. The Hall–Kier alpha value is -1.05. The molecule has 0 saturated carbocycles. The summed E-state index contributed by atoms with van der Waals surface area (Å²) in [6.45, 7) is 0. The first kappa shape index (κ1) is 14.0. The molecule has 17 heavy (non-hydrogen) atoms. The maximum Gasteiger partial charge on any atom is 0.374 e. The predicted molar refractivity (Wildman–Crippen MR) is 64.0 cm³/mol. The van der Waals surface area contributed by atoms with Gasteiger partial charge in [0.1, 0.15) is 6.10 Å². The molecule has 0 amide bonds. The van der Waals surface area contributed by atoms with Crippen molar-refractivity contribution in [3.8, 4) is 0 Å². The summed E-state index contributed by atoms with van der Waals surface area (Å²) in [5.41, 5.74) is 0.238. The average Bonchev–Trinajstić information content (AvgIpc) is 2.69. The van der Waals surface area contributed by atoms with Crippen LogP contribution in [0.25, 0.3) is 0 Å². The molecule has 0 aromatic carbocycles. The number of aryl methyl sites for hydroxylation is 1. The van der Waals surface area contributed by atoms with E-state index in [0.29, 0.717) is 12.2 Å². The molecule has 0 aliphatic rings. The van der Waals surface area contributed by atoms with Gasteiger partial charge in [-0.3, -0.25) is 0 Å². The summed E-state index contributed by atoms with van der Waals surface area (Å²) < 4.78 is 5.98. The Bertz CT molecular complexity index is 394. The second-order valence-corrected chi connectivity index (χ2v) is 4.06. The molecule has 6 nitrogen and oxygen atoms in total. The number of carbonyl (C=O) groups excluding carboxylic acids is 1. The van der Waals surface area contributed by atoms with Crippen molar-refractivity contribution in [2.24, 2.45) is 7.05 Å². The Labute approximate surface area is 105 Å². The lowest BCUT2D eigenvalue weighted by Gasteiger charge is -2.14. The summed E-state index contributed by atoms with van der Waals surface area (Å²) in [5, 5.41) is 19.4. The summed E-state index contributed by atoms with van der Waals surface area (Å²) >= 11 is 3.97. The number of aromatic nitrogens is 2. The van der Waals surface area contributed by atoms with Gasteiger partial charge in [-0.2, -0.15) is 12.6 Å². The molecule has 0 saturated heterocycles. The number of thiol groups is 1. The number of aliphatic hydroxyl groups excluding tert-OH is 2. The van der Waals surface area contributed by atoms with Crippen LogP contribution >= 0.6 is 12.6 Å². The first-order valence-corrected chi connectivity index (χ1v) is 5.73. The van der Waals surface area contributed by atoms with Crippen LogP contribution in [0.2, 0.25) is 0 Å². The van der Waals surface area contributed by atoms with Crippen LogP contribution < -0.4 is 0 Å². The number of esters is 1. The van der Waals surface area contributed by atoms with Crippen molar-refractivity contribution in [2.45, 2.75) is 18.6 Å². The van der Waals surface area contributed by atoms with E-state index in [9.17, 15) is 15.0 Å². The third kappa shape index (κ3) is 3.21. The van der Waals surface area contributed by atoms with Gasteiger partial charge in [0.25, 0.3) is 0 Å². The van der Waals surface area contributed by atoms with Gasteiger partial charge in [-0.1, -0.05) is 0 Å². The van der Waals surface area contributed by atoms with Crippen molar-refractivity contribution in [3.05, 3.63) is 17.7 Å². The highest BCUT2D eigenvalue weighted by molar-refractivity contribution is 7.80. The molecule has 2 unspecified atom stereocenters. The smallest absolute Gasteiger partial charge is 0.374 e. The highest BCUT2D eigenvalue weighted by Gasteiger charge is 2.23. The lowest BCUT2D eigenvalue weighted by Crippen LogP contribution is -2.19. The molecular weight excluding hydrogens is 244 g/mol. The average molecular weight is 260 g/mol. The van der Waals surface area contributed by atoms with Gasteiger partial charge < -0.3 is 19.5 Å². The Morgan fingerprint density at radius 1 is 1.65 bits per heavy atom. The fourth-order valence-corrected chi connectivity index (χ4v) is 1.66. The molecule has 7 heteroatoms. The fraction of sp³-hybridized carbons (Fsp3) is 0.600. The topological polar surface area (TPSA) is 84.6 Å². The molecule has 1 heterocycles. The second-order valence-electron chi connectivity index (χ2n) is 3.62. The van der Waals surface area contributed by atoms with Crippen molar-refractivity contribution >= 4 is 18.6 Å². The molecule has 1 rings (SSSR count). The first-order valence-electron chi connectivity index (χ1n) is 5.09. The number of methoxy groups -OCH3 is 1. The lowest BCUT2D eigenvalue weighted by atomic mass is 10.1. The molecule has 0 radical (unpaired) electrons. The quantitative estimate of drug-likeness (QED) is 0.509. The van der Waals surface area contributed by atoms with E-state index in [0.717, 1.165) is 0 Å². The minimum atomic E-state index is -1.13. The number of hydrogen-bond acceptors (Lipinski definition) is 6. The third-order valence-electron chi connectivity index (χ3n) is 2.36. The van der Waals surface area contributed by atoms with E-state index in [1.165, 1.54) is 17.9 Å². The normalized spacial score (nSPS) is 14.4. The monoisotopic (exact) mass is 260 g/mol. The van der Waals surface area contributed by atoms with Crippen LogP contribution in [0.1, 0.15) is 28.8 Å². The Morgan fingerprint density at radius 3 is 2.82 bits per heavy atom. The Kier molecular flexibility index (Phi) is 4.98. The maximum atomic E-state index is 11.3. The Balaban J connectivity index is 2.89. The molecule has 0 fully saturated rings. The van der Waals surface area contributed by atoms with Crippen LogP contribution in [0.4, 0.5) is 0 Å². The number of hydrogen-bond donors (Lipinski definition) is 3. The van der Waals surface area contributed by atoms with Gasteiger partial charge in [0.05, 0.1) is 18.9 Å². The van der Waals surface area contributed by atoms with Crippen molar-refractivity contribution in [1.82, 2.24) is 9.55 Å². The molecule has 1 aromatic heterocycles. The van der Waals surface area contributed by atoms with Crippen molar-refractivity contribution < 1.29 is 19.7 Å². The SMILES string of the molecule is COC(=O)c1nc(C(O)C(O)CCS)cn1C. The summed E-state index contributed by atoms with van der Waals surface area (Å²) in [6.07, 6.45) is -0.257. The zero-order valence-corrected chi connectivity index (χ0v) is 10.6. The minimum absolute atomic E-state index is 0.0830. The molecule has 0 spiro atoms. The van der Waals surface area contributed by atoms with Gasteiger partial charge >= 0.3 is 5.97 Å². The Morgan fingerprint density at radius 2 is 2.29 bits per heavy atom. The summed E-state index contributed by atoms with van der Waals surface area (Å²) in [6, 6.07) is 0. The van der Waals surface area contributed by atoms with Crippen molar-refractivity contribution in [1.29, 1.82) is 0 Å². The summed E-state index contributed by atoms with van der Waals surface area (Å²) in [4.78, 5) is 15.2. The van der Waals surface area contributed by atoms with Crippen LogP contribution in [0, 0.1) is 0 Å².